The number of rotatable bonds is 8. The first-order valence-corrected chi connectivity index (χ1v) is 11.0. The number of hydrogen-bond donors (Lipinski definition) is 1. The summed E-state index contributed by atoms with van der Waals surface area (Å²) in [6, 6.07) is 11.4. The Morgan fingerprint density at radius 1 is 1.14 bits per heavy atom. The van der Waals surface area contributed by atoms with Crippen LogP contribution in [-0.4, -0.2) is 39.8 Å². The van der Waals surface area contributed by atoms with E-state index < -0.39 is 22.0 Å². The normalized spacial score (nSPS) is 12.3. The molecule has 0 aliphatic rings. The van der Waals surface area contributed by atoms with Crippen molar-refractivity contribution in [2.24, 2.45) is 0 Å². The largest absolute Gasteiger partial charge is 0.492 e. The summed E-state index contributed by atoms with van der Waals surface area (Å²) in [5.41, 5.74) is 2.32. The van der Waals surface area contributed by atoms with Crippen molar-refractivity contribution in [3.05, 3.63) is 58.6 Å². The molecule has 2 rings (SSSR count). The van der Waals surface area contributed by atoms with Crippen LogP contribution in [0.15, 0.2) is 42.5 Å². The van der Waals surface area contributed by atoms with Gasteiger partial charge in [0.25, 0.3) is 0 Å². The molecule has 28 heavy (non-hydrogen) atoms. The summed E-state index contributed by atoms with van der Waals surface area (Å²) in [6.07, 6.45) is 1.10. The number of nitrogens with one attached hydrogen (secondary N) is 1. The number of anilines is 1. The second-order valence-electron chi connectivity index (χ2n) is 6.67. The van der Waals surface area contributed by atoms with Crippen LogP contribution in [-0.2, 0) is 14.8 Å². The van der Waals surface area contributed by atoms with Gasteiger partial charge in [0.05, 0.1) is 18.5 Å². The molecule has 0 spiro atoms. The zero-order valence-corrected chi connectivity index (χ0v) is 18.0. The number of aryl methyl sites for hydroxylation is 2. The monoisotopic (exact) mass is 424 g/mol. The van der Waals surface area contributed by atoms with E-state index >= 15 is 0 Å². The maximum atomic E-state index is 12.5. The van der Waals surface area contributed by atoms with Crippen LogP contribution in [0.25, 0.3) is 0 Å². The van der Waals surface area contributed by atoms with Crippen molar-refractivity contribution < 1.29 is 17.9 Å². The number of carbonyl (C=O) groups excluding carboxylic acids is 1. The molecule has 1 amide bonds. The molecule has 0 saturated carbocycles. The molecule has 0 fully saturated rings. The fourth-order valence-electron chi connectivity index (χ4n) is 2.91. The molecule has 1 atom stereocenters. The Balaban J connectivity index is 2.02. The summed E-state index contributed by atoms with van der Waals surface area (Å²) < 4.78 is 31.4. The van der Waals surface area contributed by atoms with E-state index in [0.717, 1.165) is 21.7 Å². The molecule has 6 nitrogen and oxygen atoms in total. The molecule has 2 aromatic rings. The van der Waals surface area contributed by atoms with Gasteiger partial charge in [-0.3, -0.25) is 9.10 Å². The second-order valence-corrected chi connectivity index (χ2v) is 8.97. The molecule has 0 unspecified atom stereocenters. The lowest BCUT2D eigenvalue weighted by molar-refractivity contribution is -0.121. The van der Waals surface area contributed by atoms with Crippen molar-refractivity contribution in [1.82, 2.24) is 5.32 Å². The van der Waals surface area contributed by atoms with Crippen LogP contribution < -0.4 is 14.4 Å². The highest BCUT2D eigenvalue weighted by molar-refractivity contribution is 7.92. The molecule has 152 valence electrons. The third-order valence-electron chi connectivity index (χ3n) is 4.03. The van der Waals surface area contributed by atoms with E-state index in [0.29, 0.717) is 16.5 Å². The number of halogens is 1. The zero-order valence-electron chi connectivity index (χ0n) is 16.4. The molecule has 2 aromatic carbocycles. The maximum absolute atomic E-state index is 12.5. The van der Waals surface area contributed by atoms with Crippen LogP contribution in [0.2, 0.25) is 5.02 Å². The fraction of sp³-hybridized carbons (Fsp3) is 0.350. The molecule has 1 N–H and O–H groups in total. The standard InChI is InChI=1S/C20H25ClN2O4S/c1-14-11-15(2)13-18(12-14)23(28(4,25)26)16(3)20(24)22-9-10-27-19-7-5-17(21)6-8-19/h5-8,11-13,16H,9-10H2,1-4H3,(H,22,24)/t16-/m1/s1. The van der Waals surface area contributed by atoms with Crippen molar-refractivity contribution in [2.75, 3.05) is 23.7 Å². The Bertz CT molecular complexity index is 909. The fourth-order valence-corrected chi connectivity index (χ4v) is 4.19. The van der Waals surface area contributed by atoms with Gasteiger partial charge in [-0.2, -0.15) is 0 Å². The van der Waals surface area contributed by atoms with Gasteiger partial charge in [0.2, 0.25) is 15.9 Å². The van der Waals surface area contributed by atoms with Gasteiger partial charge in [-0.05, 0) is 68.3 Å². The summed E-state index contributed by atoms with van der Waals surface area (Å²) in [6.45, 7) is 5.83. The smallest absolute Gasteiger partial charge is 0.243 e. The molecular weight excluding hydrogens is 400 g/mol. The van der Waals surface area contributed by atoms with Gasteiger partial charge in [0.15, 0.2) is 0 Å². The van der Waals surface area contributed by atoms with Crippen LogP contribution in [0, 0.1) is 13.8 Å². The van der Waals surface area contributed by atoms with E-state index in [1.54, 1.807) is 43.3 Å². The lowest BCUT2D eigenvalue weighted by Gasteiger charge is -2.28. The van der Waals surface area contributed by atoms with Crippen molar-refractivity contribution in [1.29, 1.82) is 0 Å². The van der Waals surface area contributed by atoms with E-state index in [9.17, 15) is 13.2 Å². The summed E-state index contributed by atoms with van der Waals surface area (Å²) in [5, 5.41) is 3.33. The van der Waals surface area contributed by atoms with Crippen LogP contribution in [0.3, 0.4) is 0 Å². The minimum atomic E-state index is -3.64. The van der Waals surface area contributed by atoms with Gasteiger partial charge in [0, 0.05) is 5.02 Å². The van der Waals surface area contributed by atoms with E-state index in [-0.39, 0.29) is 13.2 Å². The van der Waals surface area contributed by atoms with Crippen LogP contribution in [0.1, 0.15) is 18.1 Å². The average Bonchev–Trinajstić information content (AvgIpc) is 2.58. The SMILES string of the molecule is Cc1cc(C)cc(N([C@H](C)C(=O)NCCOc2ccc(Cl)cc2)S(C)(=O)=O)c1. The molecule has 8 heteroatoms. The van der Waals surface area contributed by atoms with Crippen molar-refractivity contribution in [3.8, 4) is 5.75 Å². The van der Waals surface area contributed by atoms with E-state index in [4.69, 9.17) is 16.3 Å². The van der Waals surface area contributed by atoms with Gasteiger partial charge in [-0.15, -0.1) is 0 Å². The number of nitrogens with zero attached hydrogens (tertiary/aromatic N) is 1. The Labute approximate surface area is 171 Å². The molecule has 0 aliphatic heterocycles. The van der Waals surface area contributed by atoms with Crippen molar-refractivity contribution >= 4 is 33.2 Å². The number of carbonyl (C=O) groups is 1. The Kier molecular flexibility index (Phi) is 7.32. The molecular formula is C20H25ClN2O4S. The summed E-state index contributed by atoms with van der Waals surface area (Å²) in [5.74, 6) is 0.240. The van der Waals surface area contributed by atoms with Crippen LogP contribution in [0.4, 0.5) is 5.69 Å². The average molecular weight is 425 g/mol. The molecule has 0 aromatic heterocycles. The molecule has 0 saturated heterocycles. The number of benzene rings is 2. The minimum absolute atomic E-state index is 0.246. The van der Waals surface area contributed by atoms with Crippen molar-refractivity contribution in [2.45, 2.75) is 26.8 Å². The lowest BCUT2D eigenvalue weighted by Crippen LogP contribution is -2.48. The Morgan fingerprint density at radius 3 is 2.25 bits per heavy atom. The molecule has 0 bridgehead atoms. The van der Waals surface area contributed by atoms with Crippen molar-refractivity contribution in [3.63, 3.8) is 0 Å². The van der Waals surface area contributed by atoms with Crippen LogP contribution >= 0.6 is 11.6 Å². The van der Waals surface area contributed by atoms with Gasteiger partial charge in [0.1, 0.15) is 18.4 Å². The highest BCUT2D eigenvalue weighted by atomic mass is 35.5. The first-order chi connectivity index (χ1) is 13.1. The minimum Gasteiger partial charge on any atom is -0.492 e. The molecule has 0 aliphatic carbocycles. The number of sulfonamides is 1. The predicted molar refractivity (Wildman–Crippen MR) is 113 cm³/mol. The highest BCUT2D eigenvalue weighted by Crippen LogP contribution is 2.24. The number of hydrogen-bond acceptors (Lipinski definition) is 4. The summed E-state index contributed by atoms with van der Waals surface area (Å²) in [7, 11) is -3.64. The van der Waals surface area contributed by atoms with E-state index in [1.807, 2.05) is 19.9 Å². The predicted octanol–water partition coefficient (Wildman–Crippen LogP) is 3.31. The highest BCUT2D eigenvalue weighted by Gasteiger charge is 2.29. The first-order valence-electron chi connectivity index (χ1n) is 8.81. The van der Waals surface area contributed by atoms with Gasteiger partial charge in [-0.25, -0.2) is 8.42 Å². The Morgan fingerprint density at radius 2 is 1.71 bits per heavy atom. The first kappa shape index (κ1) is 22.0. The number of amides is 1. The van der Waals surface area contributed by atoms with Gasteiger partial charge < -0.3 is 10.1 Å². The summed E-state index contributed by atoms with van der Waals surface area (Å²) in [4.78, 5) is 12.5. The second kappa shape index (κ2) is 9.30. The number of ether oxygens (including phenoxy) is 1. The topological polar surface area (TPSA) is 75.7 Å². The zero-order chi connectivity index (χ0) is 20.9. The van der Waals surface area contributed by atoms with Gasteiger partial charge in [-0.1, -0.05) is 17.7 Å². The quantitative estimate of drug-likeness (QED) is 0.659. The molecule has 0 heterocycles. The Hall–Kier alpha value is -2.25. The maximum Gasteiger partial charge on any atom is 0.243 e. The third kappa shape index (κ3) is 6.14. The van der Waals surface area contributed by atoms with E-state index in [1.165, 1.54) is 0 Å². The van der Waals surface area contributed by atoms with E-state index in [2.05, 4.69) is 5.32 Å². The van der Waals surface area contributed by atoms with Crippen LogP contribution in [0.5, 0.6) is 5.75 Å². The third-order valence-corrected chi connectivity index (χ3v) is 5.53. The molecule has 0 radical (unpaired) electrons. The summed E-state index contributed by atoms with van der Waals surface area (Å²) >= 11 is 5.82. The lowest BCUT2D eigenvalue weighted by atomic mass is 10.1. The van der Waals surface area contributed by atoms with Gasteiger partial charge >= 0.3 is 0 Å².